The number of halogens is 1. The number of hydrazine groups is 1. The van der Waals surface area contributed by atoms with Crippen LogP contribution in [0.4, 0.5) is 5.69 Å². The highest BCUT2D eigenvalue weighted by atomic mass is 35.5. The van der Waals surface area contributed by atoms with Gasteiger partial charge >= 0.3 is 5.97 Å². The van der Waals surface area contributed by atoms with E-state index in [1.165, 1.54) is 24.3 Å². The summed E-state index contributed by atoms with van der Waals surface area (Å²) in [6.07, 6.45) is 0. The summed E-state index contributed by atoms with van der Waals surface area (Å²) in [6, 6.07) is 12.6. The van der Waals surface area contributed by atoms with Crippen molar-refractivity contribution in [1.29, 1.82) is 0 Å². The number of para-hydroxylation sites is 1. The summed E-state index contributed by atoms with van der Waals surface area (Å²) in [6.45, 7) is -0.549. The van der Waals surface area contributed by atoms with Crippen molar-refractivity contribution < 1.29 is 24.3 Å². The maximum absolute atomic E-state index is 13.0. The minimum atomic E-state index is -1.19. The summed E-state index contributed by atoms with van der Waals surface area (Å²) in [5, 5.41) is 10.5. The van der Waals surface area contributed by atoms with E-state index in [1.807, 2.05) is 0 Å². The highest BCUT2D eigenvalue weighted by Gasteiger charge is 2.43. The number of carbonyl (C=O) groups is 4. The number of rotatable bonds is 4. The summed E-state index contributed by atoms with van der Waals surface area (Å²) >= 11 is 11.9. The number of amides is 3. The van der Waals surface area contributed by atoms with E-state index >= 15 is 0 Å². The number of benzene rings is 2. The topological polar surface area (TPSA) is 107 Å². The van der Waals surface area contributed by atoms with Crippen molar-refractivity contribution in [1.82, 2.24) is 10.4 Å². The van der Waals surface area contributed by atoms with Gasteiger partial charge in [0.05, 0.1) is 16.2 Å². The SMILES string of the molecule is O=C(O)CN1C(=O)C(=C2SC(=S)N(NC(=O)c3ccc(Cl)cc3)C2=O)c2ccccc21. The van der Waals surface area contributed by atoms with Crippen molar-refractivity contribution in [3.8, 4) is 0 Å². The first kappa shape index (κ1) is 21.0. The van der Waals surface area contributed by atoms with Crippen molar-refractivity contribution in [2.24, 2.45) is 0 Å². The summed E-state index contributed by atoms with van der Waals surface area (Å²) < 4.78 is 0.0387. The number of carboxylic acids is 1. The van der Waals surface area contributed by atoms with Crippen molar-refractivity contribution in [2.75, 3.05) is 11.4 Å². The highest BCUT2D eigenvalue weighted by Crippen LogP contribution is 2.44. The lowest BCUT2D eigenvalue weighted by atomic mass is 10.1. The van der Waals surface area contributed by atoms with Gasteiger partial charge in [0.1, 0.15) is 6.54 Å². The molecule has 4 rings (SSSR count). The lowest BCUT2D eigenvalue weighted by Crippen LogP contribution is -2.45. The van der Waals surface area contributed by atoms with Gasteiger partial charge in [0, 0.05) is 16.1 Å². The third kappa shape index (κ3) is 3.80. The van der Waals surface area contributed by atoms with Gasteiger partial charge in [-0.25, -0.2) is 0 Å². The Morgan fingerprint density at radius 3 is 2.42 bits per heavy atom. The van der Waals surface area contributed by atoms with Crippen molar-refractivity contribution in [2.45, 2.75) is 0 Å². The largest absolute Gasteiger partial charge is 0.480 e. The number of fused-ring (bicyclic) bond motifs is 1. The molecule has 2 heterocycles. The predicted molar refractivity (Wildman–Crippen MR) is 119 cm³/mol. The van der Waals surface area contributed by atoms with Crippen LogP contribution >= 0.6 is 35.6 Å². The Hall–Kier alpha value is -3.21. The Kier molecular flexibility index (Phi) is 5.52. The number of aliphatic carboxylic acids is 1. The van der Waals surface area contributed by atoms with Crippen LogP contribution in [0.5, 0.6) is 0 Å². The van der Waals surface area contributed by atoms with Crippen molar-refractivity contribution in [3.05, 3.63) is 69.6 Å². The number of anilines is 1. The standard InChI is InChI=1S/C20H12ClN3O5S2/c21-11-7-5-10(6-8-11)17(27)22-24-19(29)16(31-20(24)30)15-12-3-1-2-4-13(12)23(18(15)28)9-14(25)26/h1-8H,9H2,(H,22,27)(H,25,26). The van der Waals surface area contributed by atoms with Gasteiger partial charge in [-0.2, -0.15) is 5.01 Å². The lowest BCUT2D eigenvalue weighted by molar-refractivity contribution is -0.136. The molecule has 0 aromatic heterocycles. The number of hydrogen-bond acceptors (Lipinski definition) is 6. The number of nitrogens with one attached hydrogen (secondary N) is 1. The Morgan fingerprint density at radius 2 is 1.74 bits per heavy atom. The van der Waals surface area contributed by atoms with Crippen LogP contribution in [0.1, 0.15) is 15.9 Å². The summed E-state index contributed by atoms with van der Waals surface area (Å²) in [7, 11) is 0. The van der Waals surface area contributed by atoms with E-state index in [0.717, 1.165) is 21.7 Å². The van der Waals surface area contributed by atoms with Crippen LogP contribution in [-0.2, 0) is 14.4 Å². The van der Waals surface area contributed by atoms with Gasteiger partial charge in [-0.15, -0.1) is 0 Å². The molecule has 8 nitrogen and oxygen atoms in total. The fraction of sp³-hybridized carbons (Fsp3) is 0.0500. The first-order valence-corrected chi connectivity index (χ1v) is 10.4. The van der Waals surface area contributed by atoms with Crippen LogP contribution in [-0.4, -0.2) is 44.7 Å². The number of thioether (sulfide) groups is 1. The summed E-state index contributed by atoms with van der Waals surface area (Å²) in [4.78, 5) is 50.9. The number of thiocarbonyl (C=S) groups is 1. The minimum absolute atomic E-state index is 0.0201. The highest BCUT2D eigenvalue weighted by molar-refractivity contribution is 8.26. The van der Waals surface area contributed by atoms with Crippen molar-refractivity contribution in [3.63, 3.8) is 0 Å². The zero-order chi connectivity index (χ0) is 22.3. The van der Waals surface area contributed by atoms with E-state index in [0.29, 0.717) is 16.3 Å². The third-order valence-corrected chi connectivity index (χ3v) is 6.16. The van der Waals surface area contributed by atoms with Crippen LogP contribution in [0.15, 0.2) is 53.4 Å². The second kappa shape index (κ2) is 8.14. The van der Waals surface area contributed by atoms with Gasteiger partial charge in [-0.1, -0.05) is 41.6 Å². The van der Waals surface area contributed by atoms with E-state index in [1.54, 1.807) is 24.3 Å². The van der Waals surface area contributed by atoms with Crippen molar-refractivity contribution >= 4 is 74.9 Å². The van der Waals surface area contributed by atoms with Gasteiger partial charge in [0.2, 0.25) is 0 Å². The van der Waals surface area contributed by atoms with Crippen LogP contribution in [0, 0.1) is 0 Å². The van der Waals surface area contributed by atoms with E-state index in [9.17, 15) is 19.2 Å². The lowest BCUT2D eigenvalue weighted by Gasteiger charge is -2.15. The fourth-order valence-corrected chi connectivity index (χ4v) is 4.55. The molecule has 0 bridgehead atoms. The smallest absolute Gasteiger partial charge is 0.323 e. The minimum Gasteiger partial charge on any atom is -0.480 e. The molecule has 156 valence electrons. The Morgan fingerprint density at radius 1 is 1.06 bits per heavy atom. The first-order valence-electron chi connectivity index (χ1n) is 8.78. The Bertz CT molecular complexity index is 1200. The van der Waals surface area contributed by atoms with Gasteiger partial charge in [0.25, 0.3) is 17.7 Å². The molecule has 11 heteroatoms. The normalized spacial score (nSPS) is 17.9. The second-order valence-corrected chi connectivity index (χ2v) is 8.54. The molecule has 31 heavy (non-hydrogen) atoms. The third-order valence-electron chi connectivity index (χ3n) is 4.53. The summed E-state index contributed by atoms with van der Waals surface area (Å²) in [5.74, 6) is -3.06. The molecule has 2 aromatic carbocycles. The van der Waals surface area contributed by atoms with Gasteiger partial charge < -0.3 is 5.11 Å². The number of carboxylic acid groups (broad SMARTS) is 1. The molecule has 2 aromatic rings. The van der Waals surface area contributed by atoms with Gasteiger partial charge in [-0.05, 0) is 42.5 Å². The molecule has 2 aliphatic rings. The fourth-order valence-electron chi connectivity index (χ4n) is 3.17. The molecule has 0 radical (unpaired) electrons. The van der Waals surface area contributed by atoms with Crippen LogP contribution in [0.2, 0.25) is 5.02 Å². The first-order chi connectivity index (χ1) is 14.8. The monoisotopic (exact) mass is 473 g/mol. The Labute approximate surface area is 190 Å². The molecule has 0 spiro atoms. The van der Waals surface area contributed by atoms with Crippen LogP contribution in [0.3, 0.4) is 0 Å². The molecule has 0 aliphatic carbocycles. The average Bonchev–Trinajstić information content (AvgIpc) is 3.16. The average molecular weight is 474 g/mol. The van der Waals surface area contributed by atoms with E-state index in [4.69, 9.17) is 28.9 Å². The molecular formula is C20H12ClN3O5S2. The molecule has 1 fully saturated rings. The van der Waals surface area contributed by atoms with Crippen LogP contribution in [0.25, 0.3) is 5.57 Å². The quantitative estimate of drug-likeness (QED) is 0.519. The van der Waals surface area contributed by atoms with E-state index < -0.39 is 30.2 Å². The maximum atomic E-state index is 13.0. The number of nitrogens with zero attached hydrogens (tertiary/aromatic N) is 2. The van der Waals surface area contributed by atoms with Gasteiger partial charge in [-0.3, -0.25) is 29.5 Å². The van der Waals surface area contributed by atoms with E-state index in [-0.39, 0.29) is 20.4 Å². The molecule has 3 amide bonds. The van der Waals surface area contributed by atoms with E-state index in [2.05, 4.69) is 5.43 Å². The molecule has 1 saturated heterocycles. The molecule has 0 atom stereocenters. The molecular weight excluding hydrogens is 462 g/mol. The zero-order valence-electron chi connectivity index (χ0n) is 15.5. The predicted octanol–water partition coefficient (Wildman–Crippen LogP) is 2.69. The zero-order valence-corrected chi connectivity index (χ0v) is 17.9. The summed E-state index contributed by atoms with van der Waals surface area (Å²) in [5.41, 5.74) is 3.57. The Balaban J connectivity index is 1.67. The molecule has 2 N–H and O–H groups in total. The molecule has 2 aliphatic heterocycles. The van der Waals surface area contributed by atoms with Crippen LogP contribution < -0.4 is 10.3 Å². The maximum Gasteiger partial charge on any atom is 0.323 e. The molecule has 0 saturated carbocycles. The number of hydrogen-bond donors (Lipinski definition) is 2. The number of carbonyl (C=O) groups excluding carboxylic acids is 3. The molecule has 0 unspecified atom stereocenters. The van der Waals surface area contributed by atoms with Gasteiger partial charge in [0.15, 0.2) is 4.32 Å². The second-order valence-electron chi connectivity index (χ2n) is 6.46.